The van der Waals surface area contributed by atoms with Crippen LogP contribution in [0.25, 0.3) is 10.9 Å². The van der Waals surface area contributed by atoms with E-state index in [9.17, 15) is 4.79 Å². The molecule has 106 valence electrons. The van der Waals surface area contributed by atoms with Crippen molar-refractivity contribution in [3.05, 3.63) is 36.0 Å². The topological polar surface area (TPSA) is 54.1 Å². The minimum absolute atomic E-state index is 0.00481. The van der Waals surface area contributed by atoms with Gasteiger partial charge in [0, 0.05) is 37.5 Å². The summed E-state index contributed by atoms with van der Waals surface area (Å²) in [5.74, 6) is 0.00481. The molecule has 1 aliphatic rings. The first-order valence-electron chi connectivity index (χ1n) is 7.07. The summed E-state index contributed by atoms with van der Waals surface area (Å²) in [6.07, 6.45) is 5.29. The number of fused-ring (bicyclic) bond motifs is 1. The van der Waals surface area contributed by atoms with Crippen molar-refractivity contribution in [3.8, 4) is 0 Å². The minimum atomic E-state index is 0.00481. The standard InChI is InChI=1S/C16H20N2O2/c1-20-9-7-16(5-6-16)11-18-15(19)13-3-2-12-4-8-17-14(12)10-13/h2-4,8,10,17H,5-7,9,11H2,1H3,(H,18,19). The molecule has 0 radical (unpaired) electrons. The third kappa shape index (κ3) is 2.70. The maximum atomic E-state index is 12.2. The van der Waals surface area contributed by atoms with Gasteiger partial charge in [0.25, 0.3) is 5.91 Å². The summed E-state index contributed by atoms with van der Waals surface area (Å²) in [7, 11) is 1.72. The van der Waals surface area contributed by atoms with E-state index in [2.05, 4.69) is 10.3 Å². The normalized spacial score (nSPS) is 16.2. The van der Waals surface area contributed by atoms with Crippen LogP contribution in [0.3, 0.4) is 0 Å². The molecule has 2 N–H and O–H groups in total. The van der Waals surface area contributed by atoms with Crippen LogP contribution in [0, 0.1) is 5.41 Å². The minimum Gasteiger partial charge on any atom is -0.385 e. The van der Waals surface area contributed by atoms with E-state index in [1.54, 1.807) is 7.11 Å². The maximum absolute atomic E-state index is 12.2. The number of hydrogen-bond donors (Lipinski definition) is 2. The number of benzene rings is 1. The molecule has 1 heterocycles. The van der Waals surface area contributed by atoms with Crippen LogP contribution < -0.4 is 5.32 Å². The second-order valence-corrected chi connectivity index (χ2v) is 5.71. The molecule has 4 heteroatoms. The summed E-state index contributed by atoms with van der Waals surface area (Å²) >= 11 is 0. The van der Waals surface area contributed by atoms with E-state index in [1.165, 1.54) is 12.8 Å². The van der Waals surface area contributed by atoms with Gasteiger partial charge in [0.1, 0.15) is 0 Å². The molecule has 0 atom stereocenters. The SMILES string of the molecule is COCCC1(CNC(=O)c2ccc3cc[nH]c3c2)CC1. The first-order valence-corrected chi connectivity index (χ1v) is 7.07. The van der Waals surface area contributed by atoms with E-state index in [-0.39, 0.29) is 11.3 Å². The van der Waals surface area contributed by atoms with Crippen LogP contribution >= 0.6 is 0 Å². The number of aromatic amines is 1. The number of rotatable bonds is 6. The first kappa shape index (κ1) is 13.2. The molecule has 0 aliphatic heterocycles. The van der Waals surface area contributed by atoms with E-state index in [0.717, 1.165) is 30.5 Å². The number of amides is 1. The predicted molar refractivity (Wildman–Crippen MR) is 78.8 cm³/mol. The predicted octanol–water partition coefficient (Wildman–Crippen LogP) is 2.71. The molecule has 0 spiro atoms. The van der Waals surface area contributed by atoms with E-state index in [0.29, 0.717) is 5.56 Å². The van der Waals surface area contributed by atoms with Crippen LogP contribution in [-0.4, -0.2) is 31.2 Å². The van der Waals surface area contributed by atoms with Gasteiger partial charge in [0.05, 0.1) is 0 Å². The molecule has 2 aromatic rings. The van der Waals surface area contributed by atoms with Gasteiger partial charge in [0.2, 0.25) is 0 Å². The summed E-state index contributed by atoms with van der Waals surface area (Å²) in [5.41, 5.74) is 1.99. The number of H-pyrrole nitrogens is 1. The van der Waals surface area contributed by atoms with Gasteiger partial charge in [0.15, 0.2) is 0 Å². The Hall–Kier alpha value is -1.81. The van der Waals surface area contributed by atoms with Crippen molar-refractivity contribution in [3.63, 3.8) is 0 Å². The quantitative estimate of drug-likeness (QED) is 0.849. The van der Waals surface area contributed by atoms with Gasteiger partial charge < -0.3 is 15.0 Å². The van der Waals surface area contributed by atoms with E-state index < -0.39 is 0 Å². The number of carbonyl (C=O) groups excluding carboxylic acids is 1. The lowest BCUT2D eigenvalue weighted by atomic mass is 10.0. The molecule has 0 saturated heterocycles. The largest absolute Gasteiger partial charge is 0.385 e. The van der Waals surface area contributed by atoms with Crippen LogP contribution in [0.15, 0.2) is 30.5 Å². The van der Waals surface area contributed by atoms with Gasteiger partial charge in [-0.05, 0) is 48.3 Å². The van der Waals surface area contributed by atoms with Crippen LogP contribution in [0.2, 0.25) is 0 Å². The van der Waals surface area contributed by atoms with E-state index in [4.69, 9.17) is 4.74 Å². The smallest absolute Gasteiger partial charge is 0.251 e. The number of ether oxygens (including phenoxy) is 1. The third-order valence-corrected chi connectivity index (χ3v) is 4.23. The molecule has 3 rings (SSSR count). The molecular formula is C16H20N2O2. The summed E-state index contributed by atoms with van der Waals surface area (Å²) in [5, 5.41) is 4.18. The average Bonchev–Trinajstić information content (AvgIpc) is 3.09. The summed E-state index contributed by atoms with van der Waals surface area (Å²) in [6, 6.07) is 7.75. The zero-order valence-corrected chi connectivity index (χ0v) is 11.7. The van der Waals surface area contributed by atoms with Gasteiger partial charge in [-0.2, -0.15) is 0 Å². The Morgan fingerprint density at radius 1 is 1.40 bits per heavy atom. The molecule has 4 nitrogen and oxygen atoms in total. The fourth-order valence-corrected chi connectivity index (χ4v) is 2.57. The second-order valence-electron chi connectivity index (χ2n) is 5.71. The zero-order chi connectivity index (χ0) is 14.0. The Morgan fingerprint density at radius 2 is 2.25 bits per heavy atom. The van der Waals surface area contributed by atoms with Crippen molar-refractivity contribution < 1.29 is 9.53 Å². The second kappa shape index (κ2) is 5.29. The number of aromatic nitrogens is 1. The highest BCUT2D eigenvalue weighted by molar-refractivity contribution is 5.97. The van der Waals surface area contributed by atoms with Crippen molar-refractivity contribution in [2.75, 3.05) is 20.3 Å². The highest BCUT2D eigenvalue weighted by Crippen LogP contribution is 2.48. The molecule has 0 bridgehead atoms. The zero-order valence-electron chi connectivity index (χ0n) is 11.7. The molecule has 1 aromatic heterocycles. The van der Waals surface area contributed by atoms with Crippen LogP contribution in [-0.2, 0) is 4.74 Å². The lowest BCUT2D eigenvalue weighted by Gasteiger charge is -2.15. The number of hydrogen-bond acceptors (Lipinski definition) is 2. The summed E-state index contributed by atoms with van der Waals surface area (Å²) < 4.78 is 5.13. The van der Waals surface area contributed by atoms with Gasteiger partial charge >= 0.3 is 0 Å². The molecule has 0 unspecified atom stereocenters. The molecular weight excluding hydrogens is 252 g/mol. The fraction of sp³-hybridized carbons (Fsp3) is 0.438. The van der Waals surface area contributed by atoms with Crippen molar-refractivity contribution in [2.24, 2.45) is 5.41 Å². The van der Waals surface area contributed by atoms with Crippen molar-refractivity contribution in [1.29, 1.82) is 0 Å². The van der Waals surface area contributed by atoms with Gasteiger partial charge in [-0.15, -0.1) is 0 Å². The third-order valence-electron chi connectivity index (χ3n) is 4.23. The van der Waals surface area contributed by atoms with Gasteiger partial charge in [-0.1, -0.05) is 6.07 Å². The molecule has 1 aromatic carbocycles. The Labute approximate surface area is 118 Å². The number of nitrogens with one attached hydrogen (secondary N) is 2. The van der Waals surface area contributed by atoms with Crippen LogP contribution in [0.5, 0.6) is 0 Å². The summed E-state index contributed by atoms with van der Waals surface area (Å²) in [6.45, 7) is 1.52. The monoisotopic (exact) mass is 272 g/mol. The van der Waals surface area contributed by atoms with Crippen molar-refractivity contribution >= 4 is 16.8 Å². The lowest BCUT2D eigenvalue weighted by molar-refractivity contribution is 0.0938. The molecule has 20 heavy (non-hydrogen) atoms. The molecule has 1 saturated carbocycles. The first-order chi connectivity index (χ1) is 9.72. The Bertz CT molecular complexity index is 614. The molecule has 1 aliphatic carbocycles. The Kier molecular flexibility index (Phi) is 3.49. The maximum Gasteiger partial charge on any atom is 0.251 e. The molecule has 1 amide bonds. The van der Waals surface area contributed by atoms with Crippen LogP contribution in [0.4, 0.5) is 0 Å². The molecule has 1 fully saturated rings. The van der Waals surface area contributed by atoms with Crippen LogP contribution in [0.1, 0.15) is 29.6 Å². The van der Waals surface area contributed by atoms with E-state index >= 15 is 0 Å². The number of methoxy groups -OCH3 is 1. The summed E-state index contributed by atoms with van der Waals surface area (Å²) in [4.78, 5) is 15.3. The average molecular weight is 272 g/mol. The highest BCUT2D eigenvalue weighted by atomic mass is 16.5. The van der Waals surface area contributed by atoms with Gasteiger partial charge in [-0.3, -0.25) is 4.79 Å². The fourth-order valence-electron chi connectivity index (χ4n) is 2.57. The Morgan fingerprint density at radius 3 is 3.00 bits per heavy atom. The lowest BCUT2D eigenvalue weighted by Crippen LogP contribution is -2.30. The van der Waals surface area contributed by atoms with Crippen molar-refractivity contribution in [1.82, 2.24) is 10.3 Å². The van der Waals surface area contributed by atoms with Gasteiger partial charge in [-0.25, -0.2) is 0 Å². The van der Waals surface area contributed by atoms with Crippen molar-refractivity contribution in [2.45, 2.75) is 19.3 Å². The number of carbonyl (C=O) groups is 1. The Balaban J connectivity index is 1.61. The highest BCUT2D eigenvalue weighted by Gasteiger charge is 2.42. The van der Waals surface area contributed by atoms with E-state index in [1.807, 2.05) is 30.5 Å².